The lowest BCUT2D eigenvalue weighted by Gasteiger charge is -2.16. The van der Waals surface area contributed by atoms with E-state index >= 15 is 0 Å². The number of anilines is 1. The second-order valence-corrected chi connectivity index (χ2v) is 8.46. The zero-order valence-corrected chi connectivity index (χ0v) is 17.2. The summed E-state index contributed by atoms with van der Waals surface area (Å²) in [4.78, 5) is 9.13. The Morgan fingerprint density at radius 3 is 2.32 bits per heavy atom. The van der Waals surface area contributed by atoms with E-state index in [-0.39, 0.29) is 16.6 Å². The Hall–Kier alpha value is -2.67. The Labute approximate surface area is 166 Å². The van der Waals surface area contributed by atoms with E-state index in [1.54, 1.807) is 24.3 Å². The standard InChI is InChI=1S/C21H25N3O3S/c1-4-16(5-2)14-27-21-20(22-18-11-6-7-12-19(18)23-21)24-28(25,26)17-10-8-9-15(3)13-17/h6-13,16H,4-5,14H2,1-3H3,(H,22,24). The summed E-state index contributed by atoms with van der Waals surface area (Å²) in [6.45, 7) is 6.51. The zero-order valence-electron chi connectivity index (χ0n) is 16.3. The molecule has 0 aliphatic heterocycles. The molecule has 0 amide bonds. The average molecular weight is 400 g/mol. The lowest BCUT2D eigenvalue weighted by Crippen LogP contribution is -2.17. The van der Waals surface area contributed by atoms with E-state index in [0.717, 1.165) is 18.4 Å². The van der Waals surface area contributed by atoms with Crippen LogP contribution in [0.3, 0.4) is 0 Å². The number of sulfonamides is 1. The lowest BCUT2D eigenvalue weighted by atomic mass is 10.1. The molecule has 0 aliphatic rings. The van der Waals surface area contributed by atoms with Gasteiger partial charge >= 0.3 is 0 Å². The van der Waals surface area contributed by atoms with Crippen molar-refractivity contribution in [2.75, 3.05) is 11.3 Å². The first-order chi connectivity index (χ1) is 13.4. The first kappa shape index (κ1) is 20.1. The van der Waals surface area contributed by atoms with E-state index in [1.165, 1.54) is 0 Å². The van der Waals surface area contributed by atoms with Crippen molar-refractivity contribution in [2.24, 2.45) is 5.92 Å². The van der Waals surface area contributed by atoms with E-state index in [4.69, 9.17) is 4.74 Å². The van der Waals surface area contributed by atoms with Crippen molar-refractivity contribution in [2.45, 2.75) is 38.5 Å². The molecule has 3 aromatic rings. The quantitative estimate of drug-likeness (QED) is 0.601. The number of nitrogens with zero attached hydrogens (tertiary/aromatic N) is 2. The summed E-state index contributed by atoms with van der Waals surface area (Å²) in [6, 6.07) is 14.0. The highest BCUT2D eigenvalue weighted by Crippen LogP contribution is 2.27. The number of hydrogen-bond donors (Lipinski definition) is 1. The van der Waals surface area contributed by atoms with Crippen LogP contribution < -0.4 is 9.46 Å². The predicted octanol–water partition coefficient (Wildman–Crippen LogP) is 4.55. The van der Waals surface area contributed by atoms with Gasteiger partial charge in [-0.3, -0.25) is 4.72 Å². The minimum Gasteiger partial charge on any atom is -0.475 e. The topological polar surface area (TPSA) is 81.2 Å². The first-order valence-electron chi connectivity index (χ1n) is 9.42. The summed E-state index contributed by atoms with van der Waals surface area (Å²) >= 11 is 0. The van der Waals surface area contributed by atoms with Gasteiger partial charge in [-0.1, -0.05) is 51.0 Å². The van der Waals surface area contributed by atoms with Crippen molar-refractivity contribution in [3.63, 3.8) is 0 Å². The predicted molar refractivity (Wildman–Crippen MR) is 111 cm³/mol. The number of rotatable bonds is 8. The molecule has 0 saturated carbocycles. The third-order valence-corrected chi connectivity index (χ3v) is 6.02. The van der Waals surface area contributed by atoms with E-state index in [9.17, 15) is 8.42 Å². The van der Waals surface area contributed by atoms with Gasteiger partial charge in [0.15, 0.2) is 0 Å². The van der Waals surface area contributed by atoms with Crippen molar-refractivity contribution in [3.05, 3.63) is 54.1 Å². The molecule has 0 fully saturated rings. The molecule has 28 heavy (non-hydrogen) atoms. The molecular weight excluding hydrogens is 374 g/mol. The van der Waals surface area contributed by atoms with Gasteiger partial charge in [-0.2, -0.15) is 0 Å². The van der Waals surface area contributed by atoms with Crippen molar-refractivity contribution >= 4 is 26.9 Å². The maximum Gasteiger partial charge on any atom is 0.263 e. The number of aryl methyl sites for hydroxylation is 1. The lowest BCUT2D eigenvalue weighted by molar-refractivity contribution is 0.234. The van der Waals surface area contributed by atoms with Crippen LogP contribution in [0.4, 0.5) is 5.82 Å². The molecule has 2 aromatic carbocycles. The Morgan fingerprint density at radius 1 is 1.00 bits per heavy atom. The van der Waals surface area contributed by atoms with Crippen molar-refractivity contribution in [3.8, 4) is 5.88 Å². The van der Waals surface area contributed by atoms with Gasteiger partial charge in [-0.05, 0) is 42.7 Å². The van der Waals surface area contributed by atoms with Gasteiger partial charge < -0.3 is 4.74 Å². The zero-order chi connectivity index (χ0) is 20.1. The van der Waals surface area contributed by atoms with Crippen LogP contribution in [0.15, 0.2) is 53.4 Å². The molecule has 0 saturated heterocycles. The monoisotopic (exact) mass is 399 g/mol. The molecule has 6 nitrogen and oxygen atoms in total. The van der Waals surface area contributed by atoms with Gasteiger partial charge in [0.05, 0.1) is 22.5 Å². The summed E-state index contributed by atoms with van der Waals surface area (Å²) in [6.07, 6.45) is 1.95. The number of fused-ring (bicyclic) bond motifs is 1. The fraction of sp³-hybridized carbons (Fsp3) is 0.333. The van der Waals surface area contributed by atoms with Gasteiger partial charge in [0.2, 0.25) is 5.82 Å². The fourth-order valence-electron chi connectivity index (χ4n) is 2.84. The van der Waals surface area contributed by atoms with Crippen LogP contribution in [0.1, 0.15) is 32.3 Å². The van der Waals surface area contributed by atoms with Crippen LogP contribution in [0.2, 0.25) is 0 Å². The summed E-state index contributed by atoms with van der Waals surface area (Å²) < 4.78 is 34.2. The largest absolute Gasteiger partial charge is 0.475 e. The van der Waals surface area contributed by atoms with Crippen molar-refractivity contribution in [1.29, 1.82) is 0 Å². The second kappa shape index (κ2) is 8.56. The average Bonchev–Trinajstić information content (AvgIpc) is 2.68. The van der Waals surface area contributed by atoms with Gasteiger partial charge in [0.1, 0.15) is 0 Å². The van der Waals surface area contributed by atoms with Crippen LogP contribution in [-0.2, 0) is 10.0 Å². The summed E-state index contributed by atoms with van der Waals surface area (Å²) in [7, 11) is -3.81. The molecule has 1 aromatic heterocycles. The van der Waals surface area contributed by atoms with Crippen LogP contribution in [0, 0.1) is 12.8 Å². The summed E-state index contributed by atoms with van der Waals surface area (Å²) in [5.74, 6) is 0.669. The van der Waals surface area contributed by atoms with Crippen molar-refractivity contribution < 1.29 is 13.2 Å². The molecule has 1 heterocycles. The third kappa shape index (κ3) is 4.59. The second-order valence-electron chi connectivity index (χ2n) is 6.78. The minimum absolute atomic E-state index is 0.103. The molecule has 0 bridgehead atoms. The van der Waals surface area contributed by atoms with Gasteiger partial charge in [0.25, 0.3) is 15.9 Å². The van der Waals surface area contributed by atoms with E-state index < -0.39 is 10.0 Å². The van der Waals surface area contributed by atoms with Crippen LogP contribution in [0.25, 0.3) is 11.0 Å². The first-order valence-corrected chi connectivity index (χ1v) is 10.9. The summed E-state index contributed by atoms with van der Waals surface area (Å²) in [5, 5.41) is 0. The highest BCUT2D eigenvalue weighted by atomic mass is 32.2. The third-order valence-electron chi connectivity index (χ3n) is 4.68. The van der Waals surface area contributed by atoms with Crippen LogP contribution in [-0.4, -0.2) is 25.0 Å². The van der Waals surface area contributed by atoms with E-state index in [2.05, 4.69) is 28.5 Å². The molecule has 0 atom stereocenters. The van der Waals surface area contributed by atoms with Gasteiger partial charge in [0, 0.05) is 0 Å². The molecule has 1 N–H and O–H groups in total. The van der Waals surface area contributed by atoms with E-state index in [0.29, 0.717) is 23.6 Å². The Kier molecular flexibility index (Phi) is 6.14. The normalized spacial score (nSPS) is 11.7. The Bertz CT molecular complexity index is 1060. The Balaban J connectivity index is 1.99. The van der Waals surface area contributed by atoms with E-state index in [1.807, 2.05) is 31.2 Å². The molecular formula is C21H25N3O3S. The highest BCUT2D eigenvalue weighted by Gasteiger charge is 2.20. The fourth-order valence-corrected chi connectivity index (χ4v) is 3.94. The number of benzene rings is 2. The molecule has 148 valence electrons. The molecule has 3 rings (SSSR count). The van der Waals surface area contributed by atoms with Crippen molar-refractivity contribution in [1.82, 2.24) is 9.97 Å². The smallest absolute Gasteiger partial charge is 0.263 e. The maximum atomic E-state index is 12.9. The molecule has 0 unspecified atom stereocenters. The maximum absolute atomic E-state index is 12.9. The number of aromatic nitrogens is 2. The molecule has 0 radical (unpaired) electrons. The molecule has 7 heteroatoms. The Morgan fingerprint density at radius 2 is 1.68 bits per heavy atom. The number of ether oxygens (including phenoxy) is 1. The van der Waals surface area contributed by atoms with Gasteiger partial charge in [-0.15, -0.1) is 0 Å². The summed E-state index contributed by atoms with van der Waals surface area (Å²) in [5.41, 5.74) is 2.11. The number of nitrogens with one attached hydrogen (secondary N) is 1. The number of hydrogen-bond acceptors (Lipinski definition) is 5. The molecule has 0 spiro atoms. The van der Waals surface area contributed by atoms with Gasteiger partial charge in [-0.25, -0.2) is 18.4 Å². The number of para-hydroxylation sites is 2. The SMILES string of the molecule is CCC(CC)COc1nc2ccccc2nc1NS(=O)(=O)c1cccc(C)c1. The minimum atomic E-state index is -3.81. The van der Waals surface area contributed by atoms with Crippen LogP contribution in [0.5, 0.6) is 5.88 Å². The van der Waals surface area contributed by atoms with Crippen LogP contribution >= 0.6 is 0 Å². The molecule has 0 aliphatic carbocycles. The highest BCUT2D eigenvalue weighted by molar-refractivity contribution is 7.92.